The Bertz CT molecular complexity index is 403. The van der Waals surface area contributed by atoms with Gasteiger partial charge in [0.25, 0.3) is 0 Å². The molecular weight excluding hydrogens is 202 g/mol. The number of amides is 2. The number of urea groups is 1. The van der Waals surface area contributed by atoms with Crippen molar-refractivity contribution in [2.45, 2.75) is 6.54 Å². The van der Waals surface area contributed by atoms with Crippen molar-refractivity contribution in [2.24, 2.45) is 0 Å². The summed E-state index contributed by atoms with van der Waals surface area (Å²) in [6.45, 7) is 0.544. The maximum atomic E-state index is 11.6. The second-order valence-corrected chi connectivity index (χ2v) is 3.84. The van der Waals surface area contributed by atoms with Crippen LogP contribution in [0.25, 0.3) is 0 Å². The van der Waals surface area contributed by atoms with Gasteiger partial charge in [-0.1, -0.05) is 12.1 Å². The molecular formula is C12H15N3O. The van der Waals surface area contributed by atoms with Crippen LogP contribution in [0.3, 0.4) is 0 Å². The maximum Gasteiger partial charge on any atom is 0.319 e. The summed E-state index contributed by atoms with van der Waals surface area (Å²) in [5.41, 5.74) is 1.64. The highest BCUT2D eigenvalue weighted by atomic mass is 16.2. The first-order valence-electron chi connectivity index (χ1n) is 4.96. The van der Waals surface area contributed by atoms with Crippen molar-refractivity contribution in [3.63, 3.8) is 0 Å². The Balaban J connectivity index is 2.67. The first-order chi connectivity index (χ1) is 7.54. The van der Waals surface area contributed by atoms with Crippen LogP contribution >= 0.6 is 0 Å². The molecule has 0 heterocycles. The molecule has 4 heteroatoms. The first kappa shape index (κ1) is 12.1. The molecule has 0 aliphatic heterocycles. The van der Waals surface area contributed by atoms with E-state index in [2.05, 4.69) is 6.07 Å². The van der Waals surface area contributed by atoms with Gasteiger partial charge in [0.1, 0.15) is 0 Å². The number of nitriles is 1. The molecule has 0 bridgehead atoms. The summed E-state index contributed by atoms with van der Waals surface area (Å²) in [6.07, 6.45) is 0. The molecule has 0 unspecified atom stereocenters. The van der Waals surface area contributed by atoms with Gasteiger partial charge in [-0.15, -0.1) is 0 Å². The molecule has 0 aliphatic rings. The fourth-order valence-corrected chi connectivity index (χ4v) is 1.37. The van der Waals surface area contributed by atoms with E-state index in [1.807, 2.05) is 12.1 Å². The number of benzene rings is 1. The van der Waals surface area contributed by atoms with Gasteiger partial charge in [-0.05, 0) is 17.7 Å². The Morgan fingerprint density at radius 3 is 2.25 bits per heavy atom. The van der Waals surface area contributed by atoms with Crippen molar-refractivity contribution in [3.05, 3.63) is 35.4 Å². The molecule has 2 amide bonds. The lowest BCUT2D eigenvalue weighted by atomic mass is 10.1. The Kier molecular flexibility index (Phi) is 3.90. The van der Waals surface area contributed by atoms with E-state index < -0.39 is 0 Å². The van der Waals surface area contributed by atoms with Crippen molar-refractivity contribution in [2.75, 3.05) is 21.1 Å². The van der Waals surface area contributed by atoms with Gasteiger partial charge in [0, 0.05) is 27.7 Å². The minimum absolute atomic E-state index is 0.0376. The third-order valence-electron chi connectivity index (χ3n) is 2.21. The zero-order valence-electron chi connectivity index (χ0n) is 9.77. The summed E-state index contributed by atoms with van der Waals surface area (Å²) in [7, 11) is 5.19. The van der Waals surface area contributed by atoms with Gasteiger partial charge < -0.3 is 9.80 Å². The summed E-state index contributed by atoms with van der Waals surface area (Å²) in [5, 5.41) is 8.65. The molecule has 0 atom stereocenters. The number of carbonyl (C=O) groups excluding carboxylic acids is 1. The molecule has 0 fully saturated rings. The normalized spacial score (nSPS) is 9.38. The Morgan fingerprint density at radius 1 is 1.25 bits per heavy atom. The van der Waals surface area contributed by atoms with Crippen LogP contribution in [0, 0.1) is 11.3 Å². The van der Waals surface area contributed by atoms with Crippen LogP contribution in [0.5, 0.6) is 0 Å². The number of nitrogens with zero attached hydrogens (tertiary/aromatic N) is 3. The standard InChI is InChI=1S/C12H15N3O/c1-14(2)12(16)15(3)9-11-6-4-10(8-13)5-7-11/h4-7H,9H2,1-3H3. The van der Waals surface area contributed by atoms with Gasteiger partial charge in [-0.2, -0.15) is 5.26 Å². The third-order valence-corrected chi connectivity index (χ3v) is 2.21. The van der Waals surface area contributed by atoms with Crippen molar-refractivity contribution in [3.8, 4) is 6.07 Å². The third kappa shape index (κ3) is 2.99. The summed E-state index contributed by atoms with van der Waals surface area (Å²) in [6, 6.07) is 9.25. The minimum Gasteiger partial charge on any atom is -0.331 e. The van der Waals surface area contributed by atoms with Crippen LogP contribution < -0.4 is 0 Å². The van der Waals surface area contributed by atoms with E-state index in [9.17, 15) is 4.79 Å². The van der Waals surface area contributed by atoms with Crippen LogP contribution in [0.1, 0.15) is 11.1 Å². The molecule has 16 heavy (non-hydrogen) atoms. The van der Waals surface area contributed by atoms with Gasteiger partial charge in [0.05, 0.1) is 11.6 Å². The predicted octanol–water partition coefficient (Wildman–Crippen LogP) is 1.67. The lowest BCUT2D eigenvalue weighted by molar-refractivity contribution is 0.180. The fourth-order valence-electron chi connectivity index (χ4n) is 1.37. The molecule has 0 spiro atoms. The lowest BCUT2D eigenvalue weighted by Crippen LogP contribution is -2.35. The highest BCUT2D eigenvalue weighted by Gasteiger charge is 2.10. The summed E-state index contributed by atoms with van der Waals surface area (Å²) in [5.74, 6) is 0. The van der Waals surface area contributed by atoms with E-state index in [1.165, 1.54) is 4.90 Å². The van der Waals surface area contributed by atoms with Crippen molar-refractivity contribution in [1.29, 1.82) is 5.26 Å². The van der Waals surface area contributed by atoms with Crippen LogP contribution in [-0.4, -0.2) is 37.0 Å². The fraction of sp³-hybridized carbons (Fsp3) is 0.333. The van der Waals surface area contributed by atoms with Crippen LogP contribution in [0.2, 0.25) is 0 Å². The molecule has 0 saturated carbocycles. The summed E-state index contributed by atoms with van der Waals surface area (Å²) < 4.78 is 0. The second-order valence-electron chi connectivity index (χ2n) is 3.84. The highest BCUT2D eigenvalue weighted by molar-refractivity contribution is 5.73. The molecule has 1 rings (SSSR count). The molecule has 4 nitrogen and oxygen atoms in total. The molecule has 0 saturated heterocycles. The topological polar surface area (TPSA) is 47.3 Å². The van der Waals surface area contributed by atoms with Crippen molar-refractivity contribution < 1.29 is 4.79 Å². The monoisotopic (exact) mass is 217 g/mol. The molecule has 0 aliphatic carbocycles. The van der Waals surface area contributed by atoms with Gasteiger partial charge in [-0.25, -0.2) is 4.79 Å². The molecule has 0 aromatic heterocycles. The lowest BCUT2D eigenvalue weighted by Gasteiger charge is -2.21. The Labute approximate surface area is 95.7 Å². The van der Waals surface area contributed by atoms with Gasteiger partial charge >= 0.3 is 6.03 Å². The Morgan fingerprint density at radius 2 is 1.81 bits per heavy atom. The van der Waals surface area contributed by atoms with E-state index in [0.29, 0.717) is 12.1 Å². The minimum atomic E-state index is -0.0376. The molecule has 1 aromatic rings. The SMILES string of the molecule is CN(C)C(=O)N(C)Cc1ccc(C#N)cc1. The quantitative estimate of drug-likeness (QED) is 0.756. The van der Waals surface area contributed by atoms with Crippen LogP contribution in [0.4, 0.5) is 4.79 Å². The molecule has 0 N–H and O–H groups in total. The first-order valence-corrected chi connectivity index (χ1v) is 4.96. The van der Waals surface area contributed by atoms with Crippen LogP contribution in [0.15, 0.2) is 24.3 Å². The predicted molar refractivity (Wildman–Crippen MR) is 61.7 cm³/mol. The smallest absolute Gasteiger partial charge is 0.319 e. The van der Waals surface area contributed by atoms with Gasteiger partial charge in [0.2, 0.25) is 0 Å². The van der Waals surface area contributed by atoms with Crippen LogP contribution in [-0.2, 0) is 6.54 Å². The van der Waals surface area contributed by atoms with E-state index >= 15 is 0 Å². The molecule has 0 radical (unpaired) electrons. The zero-order valence-corrected chi connectivity index (χ0v) is 9.77. The number of hydrogen-bond donors (Lipinski definition) is 0. The van der Waals surface area contributed by atoms with Crippen molar-refractivity contribution >= 4 is 6.03 Å². The average Bonchev–Trinajstić information content (AvgIpc) is 2.28. The van der Waals surface area contributed by atoms with Gasteiger partial charge in [0.15, 0.2) is 0 Å². The highest BCUT2D eigenvalue weighted by Crippen LogP contribution is 2.06. The molecule has 84 valence electrons. The number of hydrogen-bond acceptors (Lipinski definition) is 2. The zero-order chi connectivity index (χ0) is 12.1. The largest absolute Gasteiger partial charge is 0.331 e. The summed E-state index contributed by atoms with van der Waals surface area (Å²) >= 11 is 0. The number of carbonyl (C=O) groups is 1. The Hall–Kier alpha value is -2.02. The second kappa shape index (κ2) is 5.17. The van der Waals surface area contributed by atoms with Crippen molar-refractivity contribution in [1.82, 2.24) is 9.80 Å². The van der Waals surface area contributed by atoms with Gasteiger partial charge in [-0.3, -0.25) is 0 Å². The van der Waals surface area contributed by atoms with E-state index in [-0.39, 0.29) is 6.03 Å². The average molecular weight is 217 g/mol. The number of rotatable bonds is 2. The maximum absolute atomic E-state index is 11.6. The van der Waals surface area contributed by atoms with E-state index in [1.54, 1.807) is 38.2 Å². The van der Waals surface area contributed by atoms with E-state index in [4.69, 9.17) is 5.26 Å². The van der Waals surface area contributed by atoms with E-state index in [0.717, 1.165) is 5.56 Å². The molecule has 1 aromatic carbocycles. The summed E-state index contributed by atoms with van der Waals surface area (Å²) in [4.78, 5) is 14.7.